The summed E-state index contributed by atoms with van der Waals surface area (Å²) in [6.07, 6.45) is 5.15. The molecule has 0 amide bonds. The average molecular weight is 326 g/mol. The summed E-state index contributed by atoms with van der Waals surface area (Å²) in [5.41, 5.74) is 0.442. The van der Waals surface area contributed by atoms with Gasteiger partial charge in [-0.05, 0) is 49.8 Å². The van der Waals surface area contributed by atoms with Gasteiger partial charge in [0.25, 0.3) is 0 Å². The standard InChI is InChI=1S/C18H28ClNS/c1-5-18(2,3)13-10-11-15(20-4)17(12-13)21-16-9-7-6-8-14(16)19/h6-9,13,15,17,20H,5,10-12H2,1-4H3. The molecule has 0 radical (unpaired) electrons. The third-order valence-corrected chi connectivity index (χ3v) is 7.17. The van der Waals surface area contributed by atoms with Crippen molar-refractivity contribution in [3.8, 4) is 0 Å². The number of nitrogens with one attached hydrogen (secondary N) is 1. The molecule has 0 heterocycles. The second-order valence-electron chi connectivity index (χ2n) is 6.83. The minimum atomic E-state index is 0.442. The number of rotatable bonds is 5. The van der Waals surface area contributed by atoms with E-state index in [-0.39, 0.29) is 0 Å². The fourth-order valence-corrected chi connectivity index (χ4v) is 4.99. The van der Waals surface area contributed by atoms with Crippen molar-refractivity contribution in [3.63, 3.8) is 0 Å². The first kappa shape index (κ1) is 17.2. The molecule has 1 aromatic carbocycles. The quantitative estimate of drug-likeness (QED) is 0.753. The van der Waals surface area contributed by atoms with Crippen LogP contribution in [0.2, 0.25) is 5.02 Å². The van der Waals surface area contributed by atoms with Gasteiger partial charge >= 0.3 is 0 Å². The van der Waals surface area contributed by atoms with E-state index in [0.717, 1.165) is 10.9 Å². The van der Waals surface area contributed by atoms with E-state index in [1.165, 1.54) is 30.6 Å². The Bertz CT molecular complexity index is 460. The number of hydrogen-bond acceptors (Lipinski definition) is 2. The van der Waals surface area contributed by atoms with Crippen molar-refractivity contribution < 1.29 is 0 Å². The zero-order valence-corrected chi connectivity index (χ0v) is 15.2. The Morgan fingerprint density at radius 3 is 2.62 bits per heavy atom. The Kier molecular flexibility index (Phi) is 6.05. The molecular formula is C18H28ClNS. The van der Waals surface area contributed by atoms with Gasteiger partial charge in [-0.15, -0.1) is 11.8 Å². The zero-order chi connectivity index (χ0) is 15.5. The van der Waals surface area contributed by atoms with Crippen LogP contribution in [-0.2, 0) is 0 Å². The van der Waals surface area contributed by atoms with Gasteiger partial charge in [-0.2, -0.15) is 0 Å². The van der Waals surface area contributed by atoms with Crippen molar-refractivity contribution in [3.05, 3.63) is 29.3 Å². The largest absolute Gasteiger partial charge is 0.316 e. The average Bonchev–Trinajstić information content (AvgIpc) is 2.49. The van der Waals surface area contributed by atoms with E-state index in [0.29, 0.717) is 16.7 Å². The zero-order valence-electron chi connectivity index (χ0n) is 13.7. The minimum absolute atomic E-state index is 0.442. The maximum absolute atomic E-state index is 6.35. The first-order valence-corrected chi connectivity index (χ1v) is 9.32. The molecule has 0 bridgehead atoms. The van der Waals surface area contributed by atoms with Crippen molar-refractivity contribution in [2.24, 2.45) is 11.3 Å². The lowest BCUT2D eigenvalue weighted by Gasteiger charge is -2.43. The topological polar surface area (TPSA) is 12.0 Å². The lowest BCUT2D eigenvalue weighted by Crippen LogP contribution is -2.43. The van der Waals surface area contributed by atoms with Crippen LogP contribution in [0.5, 0.6) is 0 Å². The van der Waals surface area contributed by atoms with Gasteiger partial charge in [-0.25, -0.2) is 0 Å². The molecule has 1 aliphatic rings. The number of thioether (sulfide) groups is 1. The summed E-state index contributed by atoms with van der Waals surface area (Å²) >= 11 is 8.31. The Morgan fingerprint density at radius 1 is 1.29 bits per heavy atom. The molecule has 1 nitrogen and oxygen atoms in total. The molecule has 118 valence electrons. The van der Waals surface area contributed by atoms with Crippen LogP contribution in [0.15, 0.2) is 29.2 Å². The highest BCUT2D eigenvalue weighted by Crippen LogP contribution is 2.45. The molecule has 3 heteroatoms. The van der Waals surface area contributed by atoms with E-state index in [4.69, 9.17) is 11.6 Å². The highest BCUT2D eigenvalue weighted by Gasteiger charge is 2.37. The van der Waals surface area contributed by atoms with Crippen LogP contribution >= 0.6 is 23.4 Å². The van der Waals surface area contributed by atoms with E-state index in [1.54, 1.807) is 0 Å². The van der Waals surface area contributed by atoms with Crippen LogP contribution in [0.3, 0.4) is 0 Å². The maximum Gasteiger partial charge on any atom is 0.0541 e. The van der Waals surface area contributed by atoms with Crippen LogP contribution < -0.4 is 5.32 Å². The summed E-state index contributed by atoms with van der Waals surface area (Å²) in [6.45, 7) is 7.17. The molecule has 1 aromatic rings. The molecule has 0 spiro atoms. The van der Waals surface area contributed by atoms with Gasteiger partial charge in [-0.1, -0.05) is 50.9 Å². The van der Waals surface area contributed by atoms with Gasteiger partial charge in [0.2, 0.25) is 0 Å². The molecule has 0 saturated heterocycles. The molecule has 1 N–H and O–H groups in total. The maximum atomic E-state index is 6.35. The summed E-state index contributed by atoms with van der Waals surface area (Å²) in [4.78, 5) is 1.22. The summed E-state index contributed by atoms with van der Waals surface area (Å²) in [5, 5.41) is 5.01. The van der Waals surface area contributed by atoms with Crippen LogP contribution in [0, 0.1) is 11.3 Å². The fraction of sp³-hybridized carbons (Fsp3) is 0.667. The Hall–Kier alpha value is -0.180. The van der Waals surface area contributed by atoms with Gasteiger partial charge < -0.3 is 5.32 Å². The van der Waals surface area contributed by atoms with Crippen LogP contribution in [0.25, 0.3) is 0 Å². The van der Waals surface area contributed by atoms with Gasteiger partial charge in [0.1, 0.15) is 0 Å². The molecule has 3 atom stereocenters. The van der Waals surface area contributed by atoms with Crippen LogP contribution in [-0.4, -0.2) is 18.3 Å². The molecule has 1 aliphatic carbocycles. The van der Waals surface area contributed by atoms with Crippen molar-refractivity contribution in [2.45, 2.75) is 62.6 Å². The van der Waals surface area contributed by atoms with Crippen molar-refractivity contribution in [1.82, 2.24) is 5.32 Å². The molecule has 1 saturated carbocycles. The third kappa shape index (κ3) is 4.18. The summed E-state index contributed by atoms with van der Waals surface area (Å²) in [7, 11) is 2.09. The van der Waals surface area contributed by atoms with E-state index in [1.807, 2.05) is 23.9 Å². The van der Waals surface area contributed by atoms with Crippen LogP contribution in [0.4, 0.5) is 0 Å². The molecule has 2 rings (SSSR count). The van der Waals surface area contributed by atoms with Gasteiger partial charge in [-0.3, -0.25) is 0 Å². The molecule has 1 fully saturated rings. The number of halogens is 1. The number of hydrogen-bond donors (Lipinski definition) is 1. The normalized spacial score (nSPS) is 26.8. The predicted octanol–water partition coefficient (Wildman–Crippen LogP) is 5.63. The molecule has 0 aliphatic heterocycles. The predicted molar refractivity (Wildman–Crippen MR) is 95.4 cm³/mol. The highest BCUT2D eigenvalue weighted by atomic mass is 35.5. The minimum Gasteiger partial charge on any atom is -0.316 e. The molecule has 0 aromatic heterocycles. The second-order valence-corrected chi connectivity index (χ2v) is 8.52. The summed E-state index contributed by atoms with van der Waals surface area (Å²) < 4.78 is 0. The van der Waals surface area contributed by atoms with E-state index < -0.39 is 0 Å². The van der Waals surface area contributed by atoms with Gasteiger partial charge in [0.05, 0.1) is 5.02 Å². The van der Waals surface area contributed by atoms with Crippen LogP contribution in [0.1, 0.15) is 46.5 Å². The van der Waals surface area contributed by atoms with Crippen molar-refractivity contribution in [1.29, 1.82) is 0 Å². The first-order valence-electron chi connectivity index (χ1n) is 8.06. The third-order valence-electron chi connectivity index (χ3n) is 5.29. The highest BCUT2D eigenvalue weighted by molar-refractivity contribution is 8.00. The Balaban J connectivity index is 2.12. The molecule has 3 unspecified atom stereocenters. The molecular weight excluding hydrogens is 298 g/mol. The Morgan fingerprint density at radius 2 is 2.00 bits per heavy atom. The summed E-state index contributed by atoms with van der Waals surface area (Å²) in [6, 6.07) is 8.82. The lowest BCUT2D eigenvalue weighted by molar-refractivity contribution is 0.143. The molecule has 21 heavy (non-hydrogen) atoms. The van der Waals surface area contributed by atoms with Crippen molar-refractivity contribution in [2.75, 3.05) is 7.05 Å². The number of benzene rings is 1. The SMILES string of the molecule is CCC(C)(C)C1CCC(NC)C(Sc2ccccc2Cl)C1. The van der Waals surface area contributed by atoms with E-state index >= 15 is 0 Å². The second kappa shape index (κ2) is 7.39. The monoisotopic (exact) mass is 325 g/mol. The van der Waals surface area contributed by atoms with E-state index in [9.17, 15) is 0 Å². The van der Waals surface area contributed by atoms with Gasteiger partial charge in [0, 0.05) is 16.2 Å². The Labute approximate surface area is 139 Å². The summed E-state index contributed by atoms with van der Waals surface area (Å²) in [5.74, 6) is 0.812. The van der Waals surface area contributed by atoms with Crippen molar-refractivity contribution >= 4 is 23.4 Å². The lowest BCUT2D eigenvalue weighted by atomic mass is 9.68. The fourth-order valence-electron chi connectivity index (χ4n) is 3.29. The first-order chi connectivity index (χ1) is 9.97. The van der Waals surface area contributed by atoms with Gasteiger partial charge in [0.15, 0.2) is 0 Å². The van der Waals surface area contributed by atoms with E-state index in [2.05, 4.69) is 45.3 Å². The smallest absolute Gasteiger partial charge is 0.0541 e.